The van der Waals surface area contributed by atoms with Gasteiger partial charge in [-0.05, 0) is 47.3 Å². The van der Waals surface area contributed by atoms with Crippen LogP contribution in [0.15, 0.2) is 67.3 Å². The molecular formula is C19H19BrN4O2S3. The van der Waals surface area contributed by atoms with Crippen molar-refractivity contribution in [2.45, 2.75) is 27.5 Å². The van der Waals surface area contributed by atoms with E-state index in [2.05, 4.69) is 27.5 Å². The SMILES string of the molecule is C=C/C=C(\C)Cn1cnc2cc(S(=O)(=O)c3cc(C(=N)N)sc3SC)cc(Br)c21. The topological polar surface area (TPSA) is 102 Å². The van der Waals surface area contributed by atoms with Crippen LogP contribution in [0.25, 0.3) is 11.0 Å². The summed E-state index contributed by atoms with van der Waals surface area (Å²) in [4.78, 5) is 5.13. The Hall–Kier alpha value is -1.88. The predicted octanol–water partition coefficient (Wildman–Crippen LogP) is 4.83. The molecule has 10 heteroatoms. The van der Waals surface area contributed by atoms with Crippen LogP contribution in [0.3, 0.4) is 0 Å². The molecule has 3 N–H and O–H groups in total. The minimum absolute atomic E-state index is 0.142. The molecule has 3 rings (SSSR count). The molecular weight excluding hydrogens is 492 g/mol. The van der Waals surface area contributed by atoms with Crippen molar-refractivity contribution in [3.8, 4) is 0 Å². The van der Waals surface area contributed by atoms with Gasteiger partial charge in [0.15, 0.2) is 0 Å². The Balaban J connectivity index is 2.12. The van der Waals surface area contributed by atoms with Gasteiger partial charge < -0.3 is 10.3 Å². The van der Waals surface area contributed by atoms with E-state index in [9.17, 15) is 8.42 Å². The molecule has 0 aliphatic heterocycles. The van der Waals surface area contributed by atoms with Crippen molar-refractivity contribution in [1.29, 1.82) is 5.41 Å². The number of thioether (sulfide) groups is 1. The second-order valence-corrected chi connectivity index (χ2v) is 11.2. The summed E-state index contributed by atoms with van der Waals surface area (Å²) in [6, 6.07) is 4.64. The van der Waals surface area contributed by atoms with Crippen molar-refractivity contribution >= 4 is 65.7 Å². The van der Waals surface area contributed by atoms with Gasteiger partial charge in [0, 0.05) is 11.0 Å². The zero-order valence-corrected chi connectivity index (χ0v) is 19.8. The maximum atomic E-state index is 13.3. The zero-order chi connectivity index (χ0) is 21.3. The van der Waals surface area contributed by atoms with E-state index in [0.29, 0.717) is 25.6 Å². The number of nitrogens with two attached hydrogens (primary N) is 1. The highest BCUT2D eigenvalue weighted by atomic mass is 79.9. The standard InChI is InChI=1S/C19H19BrN4O2S3/c1-4-5-11(2)9-24-10-23-14-7-12(6-13(20)17(14)24)29(25,26)16-8-15(18(21)22)28-19(16)27-3/h4-8,10H,1,9H2,2-3H3,(H3,21,22)/b11-5+. The minimum atomic E-state index is -3.80. The van der Waals surface area contributed by atoms with E-state index < -0.39 is 9.84 Å². The lowest BCUT2D eigenvalue weighted by atomic mass is 10.2. The number of nitrogen functional groups attached to an aromatic ring is 1. The lowest BCUT2D eigenvalue weighted by Gasteiger charge is -2.09. The van der Waals surface area contributed by atoms with Crippen LogP contribution in [0.1, 0.15) is 11.8 Å². The second kappa shape index (κ2) is 8.47. The van der Waals surface area contributed by atoms with E-state index in [0.717, 1.165) is 11.1 Å². The summed E-state index contributed by atoms with van der Waals surface area (Å²) in [5, 5.41) is 7.61. The van der Waals surface area contributed by atoms with Crippen molar-refractivity contribution < 1.29 is 8.42 Å². The number of benzene rings is 1. The van der Waals surface area contributed by atoms with Crippen LogP contribution in [0, 0.1) is 5.41 Å². The molecule has 0 radical (unpaired) electrons. The Morgan fingerprint density at radius 3 is 2.79 bits per heavy atom. The molecule has 2 aromatic heterocycles. The van der Waals surface area contributed by atoms with Crippen LogP contribution in [0.2, 0.25) is 0 Å². The van der Waals surface area contributed by atoms with E-state index >= 15 is 0 Å². The first-order chi connectivity index (χ1) is 13.7. The van der Waals surface area contributed by atoms with Crippen molar-refractivity contribution in [3.05, 3.63) is 58.2 Å². The van der Waals surface area contributed by atoms with Crippen LogP contribution in [-0.4, -0.2) is 30.1 Å². The quantitative estimate of drug-likeness (QED) is 0.205. The minimum Gasteiger partial charge on any atom is -0.383 e. The van der Waals surface area contributed by atoms with Gasteiger partial charge >= 0.3 is 0 Å². The lowest BCUT2D eigenvalue weighted by Crippen LogP contribution is -2.09. The number of aromatic nitrogens is 2. The number of amidine groups is 1. The third-order valence-electron chi connectivity index (χ3n) is 4.18. The highest BCUT2D eigenvalue weighted by Gasteiger charge is 2.26. The number of fused-ring (bicyclic) bond motifs is 1. The summed E-state index contributed by atoms with van der Waals surface area (Å²) < 4.78 is 29.8. The summed E-state index contributed by atoms with van der Waals surface area (Å²) in [6.45, 7) is 6.32. The van der Waals surface area contributed by atoms with E-state index in [1.807, 2.05) is 17.6 Å². The number of sulfone groups is 1. The van der Waals surface area contributed by atoms with Gasteiger partial charge in [-0.3, -0.25) is 5.41 Å². The number of nitrogens with one attached hydrogen (secondary N) is 1. The third kappa shape index (κ3) is 4.20. The molecule has 0 bridgehead atoms. The molecule has 0 amide bonds. The van der Waals surface area contributed by atoms with Gasteiger partial charge in [-0.15, -0.1) is 23.1 Å². The normalized spacial score (nSPS) is 12.4. The molecule has 3 aromatic rings. The molecule has 0 atom stereocenters. The molecule has 0 fully saturated rings. The molecule has 6 nitrogen and oxygen atoms in total. The molecule has 0 aliphatic rings. The molecule has 29 heavy (non-hydrogen) atoms. The van der Waals surface area contributed by atoms with E-state index in [-0.39, 0.29) is 15.6 Å². The zero-order valence-electron chi connectivity index (χ0n) is 15.8. The molecule has 2 heterocycles. The highest BCUT2D eigenvalue weighted by Crippen LogP contribution is 2.38. The van der Waals surface area contributed by atoms with E-state index in [4.69, 9.17) is 11.1 Å². The van der Waals surface area contributed by atoms with E-state index in [1.165, 1.54) is 29.2 Å². The van der Waals surface area contributed by atoms with Gasteiger partial charge in [-0.25, -0.2) is 13.4 Å². The van der Waals surface area contributed by atoms with Crippen molar-refractivity contribution in [1.82, 2.24) is 9.55 Å². The third-order valence-corrected chi connectivity index (χ3v) is 9.10. The number of rotatable bonds is 7. The Bertz CT molecular complexity index is 1260. The van der Waals surface area contributed by atoms with Crippen LogP contribution in [0.5, 0.6) is 0 Å². The summed E-state index contributed by atoms with van der Waals surface area (Å²) >= 11 is 6.04. The summed E-state index contributed by atoms with van der Waals surface area (Å²) in [6.07, 6.45) is 7.14. The molecule has 0 aliphatic carbocycles. The van der Waals surface area contributed by atoms with E-state index in [1.54, 1.807) is 30.8 Å². The fraction of sp³-hybridized carbons (Fsp3) is 0.158. The van der Waals surface area contributed by atoms with Gasteiger partial charge in [0.1, 0.15) is 5.84 Å². The van der Waals surface area contributed by atoms with Crippen molar-refractivity contribution in [2.75, 3.05) is 6.26 Å². The van der Waals surface area contributed by atoms with Gasteiger partial charge in [0.2, 0.25) is 9.84 Å². The van der Waals surface area contributed by atoms with Gasteiger partial charge in [0.05, 0.1) is 36.2 Å². The van der Waals surface area contributed by atoms with Gasteiger partial charge in [-0.1, -0.05) is 24.3 Å². The first-order valence-electron chi connectivity index (χ1n) is 8.39. The van der Waals surface area contributed by atoms with Crippen LogP contribution in [0.4, 0.5) is 0 Å². The average Bonchev–Trinajstić information content (AvgIpc) is 3.27. The monoisotopic (exact) mass is 510 g/mol. The van der Waals surface area contributed by atoms with Crippen molar-refractivity contribution in [3.63, 3.8) is 0 Å². The Morgan fingerprint density at radius 1 is 1.45 bits per heavy atom. The van der Waals surface area contributed by atoms with Gasteiger partial charge in [0.25, 0.3) is 0 Å². The maximum Gasteiger partial charge on any atom is 0.208 e. The smallest absolute Gasteiger partial charge is 0.208 e. The number of hydrogen-bond acceptors (Lipinski definition) is 6. The van der Waals surface area contributed by atoms with Gasteiger partial charge in [-0.2, -0.15) is 0 Å². The molecule has 0 saturated heterocycles. The molecule has 0 spiro atoms. The summed E-state index contributed by atoms with van der Waals surface area (Å²) in [7, 11) is -3.80. The summed E-state index contributed by atoms with van der Waals surface area (Å²) in [5.41, 5.74) is 8.05. The molecule has 0 saturated carbocycles. The van der Waals surface area contributed by atoms with Crippen molar-refractivity contribution in [2.24, 2.45) is 5.73 Å². The number of nitrogens with zero attached hydrogens (tertiary/aromatic N) is 2. The summed E-state index contributed by atoms with van der Waals surface area (Å²) in [5.74, 6) is -0.148. The number of allylic oxidation sites excluding steroid dienone is 3. The number of imidazole rings is 1. The lowest BCUT2D eigenvalue weighted by molar-refractivity contribution is 0.595. The number of halogens is 1. The second-order valence-electron chi connectivity index (χ2n) is 6.28. The first kappa shape index (κ1) is 21.8. The van der Waals surface area contributed by atoms with Crippen LogP contribution < -0.4 is 5.73 Å². The average molecular weight is 511 g/mol. The molecule has 1 aromatic carbocycles. The van der Waals surface area contributed by atoms with Crippen LogP contribution in [-0.2, 0) is 16.4 Å². The fourth-order valence-corrected chi connectivity index (χ4v) is 7.61. The number of hydrogen-bond donors (Lipinski definition) is 2. The Labute approximate surface area is 186 Å². The fourth-order valence-electron chi connectivity index (χ4n) is 2.88. The number of thiophene rings is 1. The van der Waals surface area contributed by atoms with Crippen LogP contribution >= 0.6 is 39.0 Å². The first-order valence-corrected chi connectivity index (χ1v) is 12.7. The molecule has 152 valence electrons. The largest absolute Gasteiger partial charge is 0.383 e. The maximum absolute atomic E-state index is 13.3. The highest BCUT2D eigenvalue weighted by molar-refractivity contribution is 9.10. The Morgan fingerprint density at radius 2 is 2.17 bits per heavy atom. The Kier molecular flexibility index (Phi) is 6.37. The predicted molar refractivity (Wildman–Crippen MR) is 124 cm³/mol. The molecule has 0 unspecified atom stereocenters.